The second-order valence-electron chi connectivity index (χ2n) is 3.62. The number of anilines is 1. The van der Waals surface area contributed by atoms with Crippen molar-refractivity contribution in [3.63, 3.8) is 0 Å². The number of halogens is 2. The Balaban J connectivity index is 2.27. The van der Waals surface area contributed by atoms with Gasteiger partial charge in [0.05, 0.1) is 12.7 Å². The summed E-state index contributed by atoms with van der Waals surface area (Å²) in [5.74, 6) is 0.721. The molecule has 1 heterocycles. The molecule has 0 saturated heterocycles. The molecular formula is C11H11Br2N3. The summed E-state index contributed by atoms with van der Waals surface area (Å²) in [6, 6.07) is 6.11. The van der Waals surface area contributed by atoms with Gasteiger partial charge in [0.15, 0.2) is 0 Å². The zero-order chi connectivity index (χ0) is 11.7. The van der Waals surface area contributed by atoms with Crippen LogP contribution < -0.4 is 5.73 Å². The van der Waals surface area contributed by atoms with Crippen LogP contribution in [-0.4, -0.2) is 9.78 Å². The van der Waals surface area contributed by atoms with Crippen LogP contribution in [0.5, 0.6) is 0 Å². The van der Waals surface area contributed by atoms with Crippen molar-refractivity contribution in [2.45, 2.75) is 13.5 Å². The van der Waals surface area contributed by atoms with E-state index >= 15 is 0 Å². The molecule has 2 N–H and O–H groups in total. The topological polar surface area (TPSA) is 43.8 Å². The predicted octanol–water partition coefficient (Wildman–Crippen LogP) is 3.35. The minimum Gasteiger partial charge on any atom is -0.384 e. The van der Waals surface area contributed by atoms with Gasteiger partial charge in [-0.05, 0) is 56.5 Å². The van der Waals surface area contributed by atoms with Crippen molar-refractivity contribution in [3.8, 4) is 0 Å². The van der Waals surface area contributed by atoms with Gasteiger partial charge in [0, 0.05) is 14.5 Å². The van der Waals surface area contributed by atoms with Crippen molar-refractivity contribution in [2.24, 2.45) is 0 Å². The molecule has 0 amide bonds. The van der Waals surface area contributed by atoms with Crippen molar-refractivity contribution in [1.82, 2.24) is 9.78 Å². The molecule has 1 aromatic carbocycles. The van der Waals surface area contributed by atoms with Gasteiger partial charge in [0.2, 0.25) is 0 Å². The van der Waals surface area contributed by atoms with Gasteiger partial charge < -0.3 is 5.73 Å². The largest absolute Gasteiger partial charge is 0.384 e. The Labute approximate surface area is 111 Å². The van der Waals surface area contributed by atoms with Crippen molar-refractivity contribution in [1.29, 1.82) is 0 Å². The fourth-order valence-electron chi connectivity index (χ4n) is 1.43. The third kappa shape index (κ3) is 2.30. The highest BCUT2D eigenvalue weighted by molar-refractivity contribution is 9.13. The van der Waals surface area contributed by atoms with Crippen LogP contribution in [0.25, 0.3) is 0 Å². The summed E-state index contributed by atoms with van der Waals surface area (Å²) in [7, 11) is 0. The third-order valence-electron chi connectivity index (χ3n) is 2.39. The molecule has 2 aromatic rings. The lowest BCUT2D eigenvalue weighted by atomic mass is 10.2. The van der Waals surface area contributed by atoms with Gasteiger partial charge in [0.1, 0.15) is 5.82 Å². The third-order valence-corrected chi connectivity index (χ3v) is 4.27. The molecule has 0 atom stereocenters. The van der Waals surface area contributed by atoms with E-state index in [0.717, 1.165) is 25.9 Å². The van der Waals surface area contributed by atoms with Crippen molar-refractivity contribution >= 4 is 37.7 Å². The number of nitrogens with zero attached hydrogens (tertiary/aromatic N) is 2. The number of aromatic nitrogens is 2. The monoisotopic (exact) mass is 343 g/mol. The maximum Gasteiger partial charge on any atom is 0.124 e. The molecule has 3 nitrogen and oxygen atoms in total. The van der Waals surface area contributed by atoms with Gasteiger partial charge in [0.25, 0.3) is 0 Å². The quantitative estimate of drug-likeness (QED) is 0.907. The van der Waals surface area contributed by atoms with Crippen LogP contribution in [-0.2, 0) is 6.54 Å². The average molecular weight is 345 g/mol. The first kappa shape index (κ1) is 11.7. The lowest BCUT2D eigenvalue weighted by Gasteiger charge is -2.06. The second kappa shape index (κ2) is 4.59. The van der Waals surface area contributed by atoms with Crippen LogP contribution >= 0.6 is 31.9 Å². The minimum absolute atomic E-state index is 0.686. The molecule has 0 bridgehead atoms. The highest BCUT2D eigenvalue weighted by Crippen LogP contribution is 2.24. The average Bonchev–Trinajstić information content (AvgIpc) is 2.55. The fourth-order valence-corrected chi connectivity index (χ4v) is 2.10. The maximum atomic E-state index is 5.90. The predicted molar refractivity (Wildman–Crippen MR) is 72.3 cm³/mol. The van der Waals surface area contributed by atoms with Crippen molar-refractivity contribution in [3.05, 3.63) is 44.5 Å². The fraction of sp³-hybridized carbons (Fsp3) is 0.182. The van der Waals surface area contributed by atoms with Crippen LogP contribution in [0.2, 0.25) is 0 Å². The number of benzene rings is 1. The van der Waals surface area contributed by atoms with Gasteiger partial charge >= 0.3 is 0 Å². The summed E-state index contributed by atoms with van der Waals surface area (Å²) in [6.07, 6.45) is 1.78. The van der Waals surface area contributed by atoms with Gasteiger partial charge in [-0.1, -0.05) is 6.07 Å². The van der Waals surface area contributed by atoms with E-state index in [1.165, 1.54) is 0 Å². The Kier molecular flexibility index (Phi) is 3.35. The number of hydrogen-bond acceptors (Lipinski definition) is 2. The molecule has 0 fully saturated rings. The SMILES string of the molecule is Cc1cnn(Cc2ccc(Br)c(Br)c2)c1N. The van der Waals surface area contributed by atoms with E-state index in [1.54, 1.807) is 10.9 Å². The summed E-state index contributed by atoms with van der Waals surface area (Å²) < 4.78 is 3.87. The van der Waals surface area contributed by atoms with Crippen LogP contribution in [0.4, 0.5) is 5.82 Å². The zero-order valence-electron chi connectivity index (χ0n) is 8.74. The van der Waals surface area contributed by atoms with Crippen molar-refractivity contribution < 1.29 is 0 Å². The molecule has 0 aliphatic rings. The molecule has 0 unspecified atom stereocenters. The number of hydrogen-bond donors (Lipinski definition) is 1. The summed E-state index contributed by atoms with van der Waals surface area (Å²) in [5.41, 5.74) is 8.07. The molecule has 0 radical (unpaired) electrons. The first-order valence-corrected chi connectivity index (χ1v) is 6.38. The van der Waals surface area contributed by atoms with Gasteiger partial charge in [-0.3, -0.25) is 0 Å². The lowest BCUT2D eigenvalue weighted by molar-refractivity contribution is 0.696. The first-order chi connectivity index (χ1) is 7.58. The molecule has 0 aliphatic carbocycles. The summed E-state index contributed by atoms with van der Waals surface area (Å²) in [4.78, 5) is 0. The molecule has 16 heavy (non-hydrogen) atoms. The molecule has 0 saturated carbocycles. The summed E-state index contributed by atoms with van der Waals surface area (Å²) >= 11 is 6.91. The van der Waals surface area contributed by atoms with E-state index in [2.05, 4.69) is 43.0 Å². The van der Waals surface area contributed by atoms with Gasteiger partial charge in [-0.2, -0.15) is 5.10 Å². The van der Waals surface area contributed by atoms with E-state index in [9.17, 15) is 0 Å². The minimum atomic E-state index is 0.686. The second-order valence-corrected chi connectivity index (χ2v) is 5.33. The Morgan fingerprint density at radius 2 is 2.06 bits per heavy atom. The zero-order valence-corrected chi connectivity index (χ0v) is 11.9. The van der Waals surface area contributed by atoms with E-state index in [4.69, 9.17) is 5.73 Å². The molecule has 2 rings (SSSR count). The van der Waals surface area contributed by atoms with E-state index in [0.29, 0.717) is 6.54 Å². The van der Waals surface area contributed by atoms with E-state index in [1.807, 2.05) is 19.1 Å². The molecule has 84 valence electrons. The number of nitrogens with two attached hydrogens (primary N) is 1. The van der Waals surface area contributed by atoms with Crippen molar-refractivity contribution in [2.75, 3.05) is 5.73 Å². The van der Waals surface area contributed by atoms with Crippen LogP contribution in [0.1, 0.15) is 11.1 Å². The first-order valence-electron chi connectivity index (χ1n) is 4.79. The highest BCUT2D eigenvalue weighted by atomic mass is 79.9. The van der Waals surface area contributed by atoms with Gasteiger partial charge in [-0.15, -0.1) is 0 Å². The van der Waals surface area contributed by atoms with Crippen LogP contribution in [0.3, 0.4) is 0 Å². The standard InChI is InChI=1S/C11H11Br2N3/c1-7-5-15-16(11(7)14)6-8-2-3-9(12)10(13)4-8/h2-5H,6,14H2,1H3. The number of rotatable bonds is 2. The number of aryl methyl sites for hydroxylation is 1. The summed E-state index contributed by atoms with van der Waals surface area (Å²) in [5, 5.41) is 4.23. The smallest absolute Gasteiger partial charge is 0.124 e. The Morgan fingerprint density at radius 1 is 1.31 bits per heavy atom. The summed E-state index contributed by atoms with van der Waals surface area (Å²) in [6.45, 7) is 2.64. The number of nitrogen functional groups attached to an aromatic ring is 1. The Bertz CT molecular complexity index is 520. The molecular weight excluding hydrogens is 334 g/mol. The molecule has 1 aromatic heterocycles. The lowest BCUT2D eigenvalue weighted by Crippen LogP contribution is -2.06. The molecule has 0 aliphatic heterocycles. The normalized spacial score (nSPS) is 10.7. The van der Waals surface area contributed by atoms with Crippen LogP contribution in [0.15, 0.2) is 33.3 Å². The van der Waals surface area contributed by atoms with Crippen LogP contribution in [0, 0.1) is 6.92 Å². The Morgan fingerprint density at radius 3 is 2.62 bits per heavy atom. The molecule has 0 spiro atoms. The highest BCUT2D eigenvalue weighted by Gasteiger charge is 2.05. The molecule has 5 heteroatoms. The Hall–Kier alpha value is -0.810. The van der Waals surface area contributed by atoms with E-state index in [-0.39, 0.29) is 0 Å². The maximum absolute atomic E-state index is 5.90. The van der Waals surface area contributed by atoms with E-state index < -0.39 is 0 Å². The van der Waals surface area contributed by atoms with Gasteiger partial charge in [-0.25, -0.2) is 4.68 Å².